The van der Waals surface area contributed by atoms with Gasteiger partial charge in [-0.15, -0.1) is 0 Å². The van der Waals surface area contributed by atoms with Crippen molar-refractivity contribution in [3.8, 4) is 0 Å². The van der Waals surface area contributed by atoms with E-state index in [0.29, 0.717) is 40.3 Å². The molecule has 0 spiro atoms. The standard InChI is InChI=1S/C22H25ClN8O2/c1-14(10-30-12-16(23)9-27-30)28-21(32)17-7-20-18(8-19(17)24-3)22(33)31(13-25-20)15(2)11-29-6-4-5-26-29/h4-9,12-15,24H,10-11H2,1-3H3,(H,28,32)/t14-,15-/m1/s1. The van der Waals surface area contributed by atoms with Gasteiger partial charge in [0.1, 0.15) is 0 Å². The highest BCUT2D eigenvalue weighted by Crippen LogP contribution is 2.21. The summed E-state index contributed by atoms with van der Waals surface area (Å²) in [6, 6.07) is 4.81. The van der Waals surface area contributed by atoms with Crippen LogP contribution in [0.5, 0.6) is 0 Å². The molecule has 3 aromatic heterocycles. The number of halogens is 1. The molecule has 0 radical (unpaired) electrons. The van der Waals surface area contributed by atoms with Crippen molar-refractivity contribution >= 4 is 34.1 Å². The Morgan fingerprint density at radius 1 is 1.18 bits per heavy atom. The summed E-state index contributed by atoms with van der Waals surface area (Å²) in [6.07, 6.45) is 8.31. The second kappa shape index (κ2) is 9.45. The number of rotatable bonds is 8. The molecular weight excluding hydrogens is 444 g/mol. The molecule has 4 rings (SSSR count). The van der Waals surface area contributed by atoms with E-state index in [0.717, 1.165) is 0 Å². The van der Waals surface area contributed by atoms with Crippen LogP contribution in [0.4, 0.5) is 5.69 Å². The number of amides is 1. The minimum Gasteiger partial charge on any atom is -0.387 e. The second-order valence-corrected chi connectivity index (χ2v) is 8.39. The summed E-state index contributed by atoms with van der Waals surface area (Å²) in [4.78, 5) is 30.6. The third-order valence-electron chi connectivity index (χ3n) is 5.36. The number of aromatic nitrogens is 6. The number of fused-ring (bicyclic) bond motifs is 1. The SMILES string of the molecule is CNc1cc2c(=O)n([C@H](C)Cn3cccn3)cnc2cc1C(=O)N[C@H](C)Cn1cc(Cl)cn1. The van der Waals surface area contributed by atoms with Gasteiger partial charge in [0, 0.05) is 37.4 Å². The summed E-state index contributed by atoms with van der Waals surface area (Å²) in [5.74, 6) is -0.273. The molecule has 1 aromatic carbocycles. The molecule has 2 atom stereocenters. The topological polar surface area (TPSA) is 112 Å². The highest BCUT2D eigenvalue weighted by molar-refractivity contribution is 6.30. The smallest absolute Gasteiger partial charge is 0.261 e. The number of benzene rings is 1. The third kappa shape index (κ3) is 4.90. The van der Waals surface area contributed by atoms with Crippen LogP contribution in [0.1, 0.15) is 30.2 Å². The van der Waals surface area contributed by atoms with Crippen molar-refractivity contribution in [1.29, 1.82) is 0 Å². The van der Waals surface area contributed by atoms with Crippen molar-refractivity contribution in [2.45, 2.75) is 39.0 Å². The van der Waals surface area contributed by atoms with E-state index in [4.69, 9.17) is 11.6 Å². The van der Waals surface area contributed by atoms with Gasteiger partial charge >= 0.3 is 0 Å². The van der Waals surface area contributed by atoms with E-state index in [1.54, 1.807) is 51.7 Å². The fraction of sp³-hybridized carbons (Fsp3) is 0.318. The van der Waals surface area contributed by atoms with Crippen molar-refractivity contribution in [1.82, 2.24) is 34.4 Å². The van der Waals surface area contributed by atoms with E-state index >= 15 is 0 Å². The Morgan fingerprint density at radius 2 is 2.00 bits per heavy atom. The normalized spacial score (nSPS) is 13.1. The average molecular weight is 469 g/mol. The molecule has 0 saturated heterocycles. The van der Waals surface area contributed by atoms with Crippen LogP contribution in [0, 0.1) is 0 Å². The molecule has 0 unspecified atom stereocenters. The number of nitrogens with one attached hydrogen (secondary N) is 2. The summed E-state index contributed by atoms with van der Waals surface area (Å²) < 4.78 is 5.02. The molecule has 0 aliphatic rings. The van der Waals surface area contributed by atoms with Crippen molar-refractivity contribution in [2.24, 2.45) is 0 Å². The molecule has 0 aliphatic heterocycles. The zero-order chi connectivity index (χ0) is 23.5. The van der Waals surface area contributed by atoms with Crippen LogP contribution in [-0.4, -0.2) is 48.1 Å². The second-order valence-electron chi connectivity index (χ2n) is 7.95. The molecule has 0 bridgehead atoms. The Bertz CT molecular complexity index is 1330. The Labute approximate surface area is 195 Å². The number of anilines is 1. The molecule has 0 saturated carbocycles. The van der Waals surface area contributed by atoms with E-state index in [-0.39, 0.29) is 23.6 Å². The van der Waals surface area contributed by atoms with Crippen LogP contribution in [0.2, 0.25) is 5.02 Å². The minimum absolute atomic E-state index is 0.146. The van der Waals surface area contributed by atoms with Gasteiger partial charge in [0.15, 0.2) is 0 Å². The summed E-state index contributed by atoms with van der Waals surface area (Å²) in [7, 11) is 1.71. The molecule has 3 heterocycles. The largest absolute Gasteiger partial charge is 0.387 e. The van der Waals surface area contributed by atoms with Gasteiger partial charge in [0.25, 0.3) is 11.5 Å². The maximum atomic E-state index is 13.2. The van der Waals surface area contributed by atoms with Crippen LogP contribution < -0.4 is 16.2 Å². The lowest BCUT2D eigenvalue weighted by Gasteiger charge is -2.18. The van der Waals surface area contributed by atoms with Crippen LogP contribution in [0.15, 0.2) is 54.1 Å². The monoisotopic (exact) mass is 468 g/mol. The van der Waals surface area contributed by atoms with Gasteiger partial charge in [-0.2, -0.15) is 10.2 Å². The summed E-state index contributed by atoms with van der Waals surface area (Å²) in [5.41, 5.74) is 1.24. The number of carbonyl (C=O) groups excluding carboxylic acids is 1. The molecule has 4 aromatic rings. The lowest BCUT2D eigenvalue weighted by molar-refractivity contribution is 0.0937. The van der Waals surface area contributed by atoms with Crippen molar-refractivity contribution in [3.63, 3.8) is 0 Å². The van der Waals surface area contributed by atoms with Crippen LogP contribution in [-0.2, 0) is 13.1 Å². The number of hydrogen-bond donors (Lipinski definition) is 2. The molecule has 172 valence electrons. The van der Waals surface area contributed by atoms with Gasteiger partial charge in [-0.1, -0.05) is 11.6 Å². The zero-order valence-corrected chi connectivity index (χ0v) is 19.3. The summed E-state index contributed by atoms with van der Waals surface area (Å²) in [5, 5.41) is 15.3. The van der Waals surface area contributed by atoms with Gasteiger partial charge in [-0.25, -0.2) is 4.98 Å². The van der Waals surface area contributed by atoms with Crippen LogP contribution in [0.25, 0.3) is 10.9 Å². The Hall–Kier alpha value is -3.66. The first-order chi connectivity index (χ1) is 15.9. The number of carbonyl (C=O) groups is 1. The predicted molar refractivity (Wildman–Crippen MR) is 127 cm³/mol. The highest BCUT2D eigenvalue weighted by Gasteiger charge is 2.18. The van der Waals surface area contributed by atoms with E-state index in [9.17, 15) is 9.59 Å². The maximum Gasteiger partial charge on any atom is 0.261 e. The fourth-order valence-electron chi connectivity index (χ4n) is 3.72. The Balaban J connectivity index is 1.59. The van der Waals surface area contributed by atoms with E-state index in [1.807, 2.05) is 26.1 Å². The van der Waals surface area contributed by atoms with Crippen molar-refractivity contribution in [2.75, 3.05) is 12.4 Å². The maximum absolute atomic E-state index is 13.2. The average Bonchev–Trinajstić information content (AvgIpc) is 3.44. The van der Waals surface area contributed by atoms with Gasteiger partial charge < -0.3 is 10.6 Å². The lowest BCUT2D eigenvalue weighted by Crippen LogP contribution is -2.36. The predicted octanol–water partition coefficient (Wildman–Crippen LogP) is 2.56. The number of nitrogens with zero attached hydrogens (tertiary/aromatic N) is 6. The molecular formula is C22H25ClN8O2. The zero-order valence-electron chi connectivity index (χ0n) is 18.6. The molecule has 0 aliphatic carbocycles. The van der Waals surface area contributed by atoms with E-state index < -0.39 is 0 Å². The first kappa shape index (κ1) is 22.5. The third-order valence-corrected chi connectivity index (χ3v) is 5.56. The lowest BCUT2D eigenvalue weighted by atomic mass is 10.1. The van der Waals surface area contributed by atoms with Crippen LogP contribution >= 0.6 is 11.6 Å². The van der Waals surface area contributed by atoms with Gasteiger partial charge in [-0.05, 0) is 32.0 Å². The van der Waals surface area contributed by atoms with Gasteiger partial charge in [-0.3, -0.25) is 23.5 Å². The molecule has 0 fully saturated rings. The van der Waals surface area contributed by atoms with Crippen LogP contribution in [0.3, 0.4) is 0 Å². The van der Waals surface area contributed by atoms with Gasteiger partial charge in [0.2, 0.25) is 0 Å². The van der Waals surface area contributed by atoms with E-state index in [2.05, 4.69) is 25.8 Å². The Morgan fingerprint density at radius 3 is 2.67 bits per heavy atom. The highest BCUT2D eigenvalue weighted by atomic mass is 35.5. The molecule has 1 amide bonds. The van der Waals surface area contributed by atoms with E-state index in [1.165, 1.54) is 6.33 Å². The summed E-state index contributed by atoms with van der Waals surface area (Å²) >= 11 is 5.90. The molecule has 2 N–H and O–H groups in total. The molecule has 10 nitrogen and oxygen atoms in total. The quantitative estimate of drug-likeness (QED) is 0.411. The summed E-state index contributed by atoms with van der Waals surface area (Å²) in [6.45, 7) is 4.83. The van der Waals surface area contributed by atoms with Crippen molar-refractivity contribution in [3.05, 3.63) is 70.3 Å². The molecule has 33 heavy (non-hydrogen) atoms. The first-order valence-electron chi connectivity index (χ1n) is 10.5. The van der Waals surface area contributed by atoms with Crippen molar-refractivity contribution < 1.29 is 4.79 Å². The Kier molecular flexibility index (Phi) is 6.45. The fourth-order valence-corrected chi connectivity index (χ4v) is 3.88. The first-order valence-corrected chi connectivity index (χ1v) is 10.9. The minimum atomic E-state index is -0.273. The molecule has 11 heteroatoms. The van der Waals surface area contributed by atoms with Gasteiger partial charge in [0.05, 0.1) is 53.1 Å². The number of hydrogen-bond acceptors (Lipinski definition) is 6.